The predicted molar refractivity (Wildman–Crippen MR) is 81.8 cm³/mol. The van der Waals surface area contributed by atoms with E-state index in [0.717, 1.165) is 6.42 Å². The lowest BCUT2D eigenvalue weighted by atomic mass is 10.1. The van der Waals surface area contributed by atoms with Gasteiger partial charge in [0, 0.05) is 24.9 Å². The van der Waals surface area contributed by atoms with Gasteiger partial charge in [-0.05, 0) is 31.0 Å². The van der Waals surface area contributed by atoms with E-state index in [1.165, 1.54) is 10.6 Å². The second-order valence-electron chi connectivity index (χ2n) is 5.02. The number of nitrogens with zero attached hydrogens (tertiary/aromatic N) is 1. The van der Waals surface area contributed by atoms with E-state index in [2.05, 4.69) is 5.32 Å². The number of hydrogen-bond donors (Lipinski definition) is 2. The fourth-order valence-corrected chi connectivity index (χ4v) is 2.13. The summed E-state index contributed by atoms with van der Waals surface area (Å²) in [4.78, 5) is 23.7. The molecule has 2 aromatic rings. The molecule has 2 heterocycles. The summed E-state index contributed by atoms with van der Waals surface area (Å²) in [5.74, 6) is 0.427. The first-order valence-electron chi connectivity index (χ1n) is 7.30. The first-order chi connectivity index (χ1) is 10.6. The smallest absolute Gasteiger partial charge is 0.287 e. The van der Waals surface area contributed by atoms with Gasteiger partial charge in [-0.25, -0.2) is 0 Å². The molecule has 0 saturated heterocycles. The average molecular weight is 304 g/mol. The third-order valence-electron chi connectivity index (χ3n) is 3.42. The molecule has 0 aliphatic carbocycles. The Morgan fingerprint density at radius 3 is 2.86 bits per heavy atom. The number of carbonyl (C=O) groups excluding carboxylic acids is 1. The lowest BCUT2D eigenvalue weighted by molar-refractivity contribution is 0.0899. The Kier molecular flexibility index (Phi) is 5.55. The highest BCUT2D eigenvalue weighted by Crippen LogP contribution is 2.10. The van der Waals surface area contributed by atoms with Gasteiger partial charge in [0.05, 0.1) is 6.54 Å². The Hall–Kier alpha value is -2.34. The number of nitrogens with one attached hydrogen (secondary N) is 1. The van der Waals surface area contributed by atoms with E-state index < -0.39 is 0 Å². The van der Waals surface area contributed by atoms with Crippen molar-refractivity contribution < 1.29 is 14.3 Å². The van der Waals surface area contributed by atoms with Gasteiger partial charge in [-0.3, -0.25) is 9.59 Å². The highest BCUT2D eigenvalue weighted by Gasteiger charge is 2.15. The van der Waals surface area contributed by atoms with Crippen molar-refractivity contribution in [3.05, 3.63) is 58.4 Å². The van der Waals surface area contributed by atoms with Crippen LogP contribution in [0.15, 0.2) is 45.7 Å². The van der Waals surface area contributed by atoms with Crippen LogP contribution < -0.4 is 10.9 Å². The van der Waals surface area contributed by atoms with E-state index in [1.807, 2.05) is 6.92 Å². The van der Waals surface area contributed by atoms with Gasteiger partial charge >= 0.3 is 0 Å². The van der Waals surface area contributed by atoms with Crippen molar-refractivity contribution in [2.45, 2.75) is 32.4 Å². The molecule has 2 N–H and O–H groups in total. The predicted octanol–water partition coefficient (Wildman–Crippen LogP) is 1.38. The van der Waals surface area contributed by atoms with E-state index >= 15 is 0 Å². The van der Waals surface area contributed by atoms with E-state index in [-0.39, 0.29) is 36.4 Å². The molecule has 0 aliphatic heterocycles. The van der Waals surface area contributed by atoms with E-state index in [9.17, 15) is 9.59 Å². The Bertz CT molecular complexity index is 675. The molecule has 0 spiro atoms. The molecule has 0 fully saturated rings. The summed E-state index contributed by atoms with van der Waals surface area (Å²) in [6.45, 7) is 2.25. The van der Waals surface area contributed by atoms with Crippen molar-refractivity contribution in [2.75, 3.05) is 6.61 Å². The molecule has 0 radical (unpaired) electrons. The molecule has 1 amide bonds. The molecule has 22 heavy (non-hydrogen) atoms. The fraction of sp³-hybridized carbons (Fsp3) is 0.375. The number of aromatic nitrogens is 1. The van der Waals surface area contributed by atoms with Gasteiger partial charge in [0.2, 0.25) is 0 Å². The van der Waals surface area contributed by atoms with Crippen molar-refractivity contribution in [3.63, 3.8) is 0 Å². The monoisotopic (exact) mass is 304 g/mol. The van der Waals surface area contributed by atoms with Crippen LogP contribution in [0, 0.1) is 0 Å². The molecule has 1 atom stereocenters. The maximum Gasteiger partial charge on any atom is 0.287 e. The van der Waals surface area contributed by atoms with Gasteiger partial charge in [0.25, 0.3) is 11.5 Å². The van der Waals surface area contributed by atoms with Gasteiger partial charge < -0.3 is 19.4 Å². The summed E-state index contributed by atoms with van der Waals surface area (Å²) in [5, 5.41) is 11.7. The Morgan fingerprint density at radius 1 is 1.36 bits per heavy atom. The van der Waals surface area contributed by atoms with Gasteiger partial charge in [0.15, 0.2) is 5.76 Å². The molecule has 6 nitrogen and oxygen atoms in total. The van der Waals surface area contributed by atoms with Crippen LogP contribution >= 0.6 is 0 Å². The molecule has 2 rings (SSSR count). The molecular weight excluding hydrogens is 284 g/mol. The van der Waals surface area contributed by atoms with Crippen LogP contribution in [0.3, 0.4) is 0 Å². The summed E-state index contributed by atoms with van der Waals surface area (Å²) in [7, 11) is 0. The maximum atomic E-state index is 12.1. The lowest BCUT2D eigenvalue weighted by Gasteiger charge is -2.14. The van der Waals surface area contributed by atoms with Crippen molar-refractivity contribution in [2.24, 2.45) is 0 Å². The van der Waals surface area contributed by atoms with Crippen molar-refractivity contribution in [3.8, 4) is 0 Å². The number of pyridine rings is 1. The van der Waals surface area contributed by atoms with Crippen molar-refractivity contribution in [1.82, 2.24) is 9.88 Å². The van der Waals surface area contributed by atoms with Crippen LogP contribution in [-0.4, -0.2) is 28.2 Å². The van der Waals surface area contributed by atoms with Gasteiger partial charge in [-0.15, -0.1) is 0 Å². The van der Waals surface area contributed by atoms with E-state index in [1.54, 1.807) is 30.5 Å². The second kappa shape index (κ2) is 7.61. The fourth-order valence-electron chi connectivity index (χ4n) is 2.13. The van der Waals surface area contributed by atoms with Crippen molar-refractivity contribution >= 4 is 5.91 Å². The zero-order valence-corrected chi connectivity index (χ0v) is 12.5. The van der Waals surface area contributed by atoms with Crippen LogP contribution in [0.2, 0.25) is 0 Å². The topological polar surface area (TPSA) is 84.5 Å². The summed E-state index contributed by atoms with van der Waals surface area (Å²) >= 11 is 0. The van der Waals surface area contributed by atoms with Gasteiger partial charge in [-0.1, -0.05) is 13.0 Å². The van der Waals surface area contributed by atoms with Gasteiger partial charge in [-0.2, -0.15) is 0 Å². The number of aliphatic hydroxyl groups excluding tert-OH is 1. The Morgan fingerprint density at radius 2 is 2.18 bits per heavy atom. The number of amides is 1. The lowest BCUT2D eigenvalue weighted by Crippen LogP contribution is -2.34. The van der Waals surface area contributed by atoms with Crippen molar-refractivity contribution in [1.29, 1.82) is 0 Å². The first-order valence-corrected chi connectivity index (χ1v) is 7.30. The number of furan rings is 1. The molecule has 0 bridgehead atoms. The third kappa shape index (κ3) is 4.08. The summed E-state index contributed by atoms with van der Waals surface area (Å²) in [6, 6.07) is 8.09. The largest absolute Gasteiger partial charge is 0.454 e. The normalized spacial score (nSPS) is 12.1. The molecule has 0 aromatic carbocycles. The summed E-state index contributed by atoms with van der Waals surface area (Å²) < 4.78 is 6.99. The zero-order chi connectivity index (χ0) is 15.9. The van der Waals surface area contributed by atoms with Crippen LogP contribution in [0.1, 0.15) is 36.1 Å². The van der Waals surface area contributed by atoms with Crippen LogP contribution in [0.4, 0.5) is 0 Å². The molecule has 0 aliphatic rings. The second-order valence-corrected chi connectivity index (χ2v) is 5.02. The minimum atomic E-state index is -0.313. The Balaban J connectivity index is 2.03. The molecular formula is C16H20N2O4. The summed E-state index contributed by atoms with van der Waals surface area (Å²) in [6.07, 6.45) is 2.91. The molecule has 1 unspecified atom stereocenters. The number of rotatable bonds is 7. The number of hydrogen-bond acceptors (Lipinski definition) is 4. The molecule has 6 heteroatoms. The Labute approximate surface area is 128 Å². The van der Waals surface area contributed by atoms with Crippen LogP contribution in [0.5, 0.6) is 0 Å². The summed E-state index contributed by atoms with van der Waals surface area (Å²) in [5.41, 5.74) is -0.126. The van der Waals surface area contributed by atoms with E-state index in [4.69, 9.17) is 9.52 Å². The maximum absolute atomic E-state index is 12.1. The number of carbonyl (C=O) groups is 1. The SMILES string of the molecule is CCC(CCO)NC(=O)c1ccc(Cn2ccccc2=O)o1. The van der Waals surface area contributed by atoms with Gasteiger partial charge in [0.1, 0.15) is 5.76 Å². The zero-order valence-electron chi connectivity index (χ0n) is 12.5. The molecule has 2 aromatic heterocycles. The van der Waals surface area contributed by atoms with Crippen LogP contribution in [0.25, 0.3) is 0 Å². The molecule has 0 saturated carbocycles. The van der Waals surface area contributed by atoms with Crippen LogP contribution in [-0.2, 0) is 6.54 Å². The standard InChI is InChI=1S/C16H20N2O4/c1-2-12(8-10-19)17-16(21)14-7-6-13(22-14)11-18-9-4-3-5-15(18)20/h3-7,9,12,19H,2,8,10-11H2,1H3,(H,17,21). The van der Waals surface area contributed by atoms with E-state index in [0.29, 0.717) is 12.2 Å². The number of aliphatic hydroxyl groups is 1. The average Bonchev–Trinajstić information content (AvgIpc) is 2.98. The highest BCUT2D eigenvalue weighted by molar-refractivity contribution is 5.91. The minimum absolute atomic E-state index is 0.0269. The third-order valence-corrected chi connectivity index (χ3v) is 3.42. The molecule has 118 valence electrons. The minimum Gasteiger partial charge on any atom is -0.454 e. The first kappa shape index (κ1) is 16.0. The quantitative estimate of drug-likeness (QED) is 0.809. The highest BCUT2D eigenvalue weighted by atomic mass is 16.4.